The van der Waals surface area contributed by atoms with Crippen molar-refractivity contribution in [2.24, 2.45) is 5.92 Å². The predicted molar refractivity (Wildman–Crippen MR) is 99.9 cm³/mol. The molecule has 2 aromatic heterocycles. The van der Waals surface area contributed by atoms with Crippen LogP contribution < -0.4 is 15.1 Å². The third-order valence-electron chi connectivity index (χ3n) is 4.96. The minimum Gasteiger partial charge on any atom is -0.372 e. The summed E-state index contributed by atoms with van der Waals surface area (Å²) < 4.78 is 0. The van der Waals surface area contributed by atoms with Crippen LogP contribution in [0.2, 0.25) is 0 Å². The van der Waals surface area contributed by atoms with Gasteiger partial charge in [-0.05, 0) is 18.4 Å². The van der Waals surface area contributed by atoms with Gasteiger partial charge in [0, 0.05) is 52.0 Å². The number of carbonyl (C=O) groups is 1. The Labute approximate surface area is 152 Å². The minimum absolute atomic E-state index is 0.140. The molecule has 4 rings (SSSR count). The van der Waals surface area contributed by atoms with Crippen LogP contribution in [0.3, 0.4) is 0 Å². The van der Waals surface area contributed by atoms with Gasteiger partial charge in [0.25, 0.3) is 0 Å². The molecule has 3 heterocycles. The zero-order valence-corrected chi connectivity index (χ0v) is 15.1. The fourth-order valence-corrected chi connectivity index (χ4v) is 3.64. The molecule has 1 aliphatic carbocycles. The predicted octanol–water partition coefficient (Wildman–Crippen LogP) is 1.40. The normalized spacial score (nSPS) is 20.1. The number of anilines is 3. The van der Waals surface area contributed by atoms with Crippen molar-refractivity contribution >= 4 is 23.5 Å². The molecule has 0 aromatic carbocycles. The first-order chi connectivity index (χ1) is 12.7. The molecule has 0 spiro atoms. The first-order valence-electron chi connectivity index (χ1n) is 9.04. The number of fused-ring (bicyclic) bond motifs is 1. The second-order valence-electron chi connectivity index (χ2n) is 6.90. The summed E-state index contributed by atoms with van der Waals surface area (Å²) in [4.78, 5) is 34.8. The van der Waals surface area contributed by atoms with Gasteiger partial charge in [-0.1, -0.05) is 6.92 Å². The van der Waals surface area contributed by atoms with E-state index in [-0.39, 0.29) is 5.78 Å². The van der Waals surface area contributed by atoms with Crippen molar-refractivity contribution < 1.29 is 4.79 Å². The molecule has 0 bridgehead atoms. The molecule has 2 aromatic rings. The molecule has 1 saturated heterocycles. The quantitative estimate of drug-likeness (QED) is 0.886. The van der Waals surface area contributed by atoms with E-state index in [2.05, 4.69) is 37.0 Å². The molecule has 1 fully saturated rings. The van der Waals surface area contributed by atoms with Crippen molar-refractivity contribution in [3.05, 3.63) is 29.7 Å². The van der Waals surface area contributed by atoms with Crippen molar-refractivity contribution in [2.75, 3.05) is 48.3 Å². The maximum atomic E-state index is 12.4. The van der Waals surface area contributed by atoms with Gasteiger partial charge in [0.05, 0.1) is 11.3 Å². The van der Waals surface area contributed by atoms with E-state index in [0.29, 0.717) is 29.7 Å². The first-order valence-corrected chi connectivity index (χ1v) is 9.04. The number of carbonyl (C=O) groups excluding carboxylic acids is 1. The van der Waals surface area contributed by atoms with Gasteiger partial charge in [-0.25, -0.2) is 15.0 Å². The summed E-state index contributed by atoms with van der Waals surface area (Å²) in [5, 5.41) is 3.09. The van der Waals surface area contributed by atoms with Crippen LogP contribution in [0.25, 0.3) is 0 Å². The lowest BCUT2D eigenvalue weighted by Gasteiger charge is -2.35. The molecular formula is C18H23N7O. The zero-order chi connectivity index (χ0) is 18.1. The van der Waals surface area contributed by atoms with E-state index in [1.54, 1.807) is 12.4 Å². The molecule has 1 aliphatic heterocycles. The molecule has 0 amide bonds. The Hall–Kier alpha value is -2.77. The lowest BCUT2D eigenvalue weighted by atomic mass is 9.87. The molecule has 1 N–H and O–H groups in total. The lowest BCUT2D eigenvalue weighted by molar-refractivity contribution is 0.0952. The summed E-state index contributed by atoms with van der Waals surface area (Å²) >= 11 is 0. The number of Topliss-reactive ketones (excluding diaryl/α,β-unsaturated/α-hetero) is 1. The Morgan fingerprint density at radius 3 is 2.31 bits per heavy atom. The largest absolute Gasteiger partial charge is 0.372 e. The Bertz CT molecular complexity index is 803. The molecule has 0 radical (unpaired) electrons. The summed E-state index contributed by atoms with van der Waals surface area (Å²) in [5.74, 6) is 2.57. The fourth-order valence-electron chi connectivity index (χ4n) is 3.64. The van der Waals surface area contributed by atoms with Crippen LogP contribution >= 0.6 is 0 Å². The molecule has 136 valence electrons. The lowest BCUT2D eigenvalue weighted by Crippen LogP contribution is -2.48. The standard InChI is InChI=1S/C18H23N7O/c1-12-10-13-15(14(26)11-12)16(19-2)23-18(22-13)25-8-6-24(7-9-25)17-20-4-3-5-21-17/h3-5,12H,6-11H2,1-2H3,(H,19,22,23). The molecule has 1 unspecified atom stereocenters. The van der Waals surface area contributed by atoms with Crippen LogP contribution in [-0.2, 0) is 6.42 Å². The van der Waals surface area contributed by atoms with Crippen molar-refractivity contribution in [1.29, 1.82) is 0 Å². The van der Waals surface area contributed by atoms with Crippen molar-refractivity contribution in [2.45, 2.75) is 19.8 Å². The Kier molecular flexibility index (Phi) is 4.40. The van der Waals surface area contributed by atoms with Crippen molar-refractivity contribution in [3.63, 3.8) is 0 Å². The average molecular weight is 353 g/mol. The Balaban J connectivity index is 1.56. The summed E-state index contributed by atoms with van der Waals surface area (Å²) in [6, 6.07) is 1.82. The van der Waals surface area contributed by atoms with E-state index >= 15 is 0 Å². The van der Waals surface area contributed by atoms with Crippen molar-refractivity contribution in [3.8, 4) is 0 Å². The maximum Gasteiger partial charge on any atom is 0.227 e. The van der Waals surface area contributed by atoms with Gasteiger partial charge < -0.3 is 15.1 Å². The van der Waals surface area contributed by atoms with Crippen LogP contribution in [0.4, 0.5) is 17.7 Å². The van der Waals surface area contributed by atoms with E-state index in [0.717, 1.165) is 44.2 Å². The van der Waals surface area contributed by atoms with Gasteiger partial charge in [-0.2, -0.15) is 4.98 Å². The highest BCUT2D eigenvalue weighted by Gasteiger charge is 2.29. The summed E-state index contributed by atoms with van der Waals surface area (Å²) in [5.41, 5.74) is 1.54. The van der Waals surface area contributed by atoms with Crippen LogP contribution in [0, 0.1) is 5.92 Å². The molecule has 8 nitrogen and oxygen atoms in total. The van der Waals surface area contributed by atoms with Crippen LogP contribution in [-0.4, -0.2) is 58.9 Å². The average Bonchev–Trinajstić information content (AvgIpc) is 2.67. The second-order valence-corrected chi connectivity index (χ2v) is 6.90. The third-order valence-corrected chi connectivity index (χ3v) is 4.96. The molecule has 26 heavy (non-hydrogen) atoms. The maximum absolute atomic E-state index is 12.4. The van der Waals surface area contributed by atoms with E-state index in [1.807, 2.05) is 13.1 Å². The summed E-state index contributed by atoms with van der Waals surface area (Å²) in [7, 11) is 1.81. The third kappa shape index (κ3) is 3.07. The molecule has 1 atom stereocenters. The van der Waals surface area contributed by atoms with Crippen molar-refractivity contribution in [1.82, 2.24) is 19.9 Å². The van der Waals surface area contributed by atoms with E-state index in [4.69, 9.17) is 4.98 Å². The highest BCUT2D eigenvalue weighted by molar-refractivity contribution is 6.02. The number of piperazine rings is 1. The molecule has 2 aliphatic rings. The number of aromatic nitrogens is 4. The minimum atomic E-state index is 0.140. The number of rotatable bonds is 3. The number of hydrogen-bond donors (Lipinski definition) is 1. The smallest absolute Gasteiger partial charge is 0.227 e. The van der Waals surface area contributed by atoms with Gasteiger partial charge in [-0.3, -0.25) is 4.79 Å². The summed E-state index contributed by atoms with van der Waals surface area (Å²) in [6.07, 6.45) is 4.92. The van der Waals surface area contributed by atoms with E-state index in [1.165, 1.54) is 0 Å². The number of nitrogens with one attached hydrogen (secondary N) is 1. The topological polar surface area (TPSA) is 87.1 Å². The van der Waals surface area contributed by atoms with Gasteiger partial charge in [0.2, 0.25) is 11.9 Å². The van der Waals surface area contributed by atoms with Gasteiger partial charge in [0.1, 0.15) is 5.82 Å². The monoisotopic (exact) mass is 353 g/mol. The van der Waals surface area contributed by atoms with Crippen LogP contribution in [0.1, 0.15) is 29.4 Å². The summed E-state index contributed by atoms with van der Waals surface area (Å²) in [6.45, 7) is 5.32. The highest BCUT2D eigenvalue weighted by atomic mass is 16.1. The molecule has 8 heteroatoms. The zero-order valence-electron chi connectivity index (χ0n) is 15.1. The number of nitrogens with zero attached hydrogens (tertiary/aromatic N) is 6. The molecular weight excluding hydrogens is 330 g/mol. The van der Waals surface area contributed by atoms with Gasteiger partial charge in [-0.15, -0.1) is 0 Å². The number of hydrogen-bond acceptors (Lipinski definition) is 8. The second kappa shape index (κ2) is 6.86. The highest BCUT2D eigenvalue weighted by Crippen LogP contribution is 2.30. The first kappa shape index (κ1) is 16.7. The molecule has 0 saturated carbocycles. The SMILES string of the molecule is CNc1nc(N2CCN(c3ncccn3)CC2)nc2c1C(=O)CC(C)C2. The van der Waals surface area contributed by atoms with E-state index in [9.17, 15) is 4.79 Å². The number of ketones is 1. The van der Waals surface area contributed by atoms with E-state index < -0.39 is 0 Å². The Morgan fingerprint density at radius 1 is 1.00 bits per heavy atom. The van der Waals surface area contributed by atoms with Gasteiger partial charge in [0.15, 0.2) is 5.78 Å². The van der Waals surface area contributed by atoms with Gasteiger partial charge >= 0.3 is 0 Å². The fraction of sp³-hybridized carbons (Fsp3) is 0.500. The van der Waals surface area contributed by atoms with Crippen LogP contribution in [0.15, 0.2) is 18.5 Å². The Morgan fingerprint density at radius 2 is 1.65 bits per heavy atom. The van der Waals surface area contributed by atoms with Crippen LogP contribution in [0.5, 0.6) is 0 Å².